The van der Waals surface area contributed by atoms with Crippen LogP contribution >= 0.6 is 23.2 Å². The highest BCUT2D eigenvalue weighted by Crippen LogP contribution is 2.30. The summed E-state index contributed by atoms with van der Waals surface area (Å²) in [6.07, 6.45) is 0.972. The van der Waals surface area contributed by atoms with Gasteiger partial charge in [-0.1, -0.05) is 42.3 Å². The molecule has 0 saturated carbocycles. The number of benzene rings is 2. The van der Waals surface area contributed by atoms with E-state index in [1.165, 1.54) is 17.7 Å². The number of aryl methyl sites for hydroxylation is 1. The molecule has 2 aromatic carbocycles. The predicted octanol–water partition coefficient (Wildman–Crippen LogP) is 5.87. The van der Waals surface area contributed by atoms with Crippen molar-refractivity contribution < 1.29 is 4.39 Å². The Balaban J connectivity index is 2.23. The van der Waals surface area contributed by atoms with E-state index in [1.807, 2.05) is 19.1 Å². The molecule has 1 unspecified atom stereocenters. The zero-order chi connectivity index (χ0) is 14.7. The van der Waals surface area contributed by atoms with Crippen LogP contribution < -0.4 is 5.32 Å². The maximum atomic E-state index is 13.6. The molecule has 0 aliphatic heterocycles. The van der Waals surface area contributed by atoms with Crippen molar-refractivity contribution in [3.63, 3.8) is 0 Å². The molecular weight excluding hydrogens is 296 g/mol. The van der Waals surface area contributed by atoms with Gasteiger partial charge in [0.1, 0.15) is 5.82 Å². The largest absolute Gasteiger partial charge is 0.378 e. The number of anilines is 1. The molecule has 0 aliphatic carbocycles. The SMILES string of the molecule is CCc1cccc(NC(C)c2cc(F)c(Cl)cc2Cl)c1. The van der Waals surface area contributed by atoms with Crippen LogP contribution in [0.15, 0.2) is 36.4 Å². The van der Waals surface area contributed by atoms with Gasteiger partial charge in [-0.05, 0) is 48.7 Å². The normalized spacial score (nSPS) is 12.2. The highest BCUT2D eigenvalue weighted by molar-refractivity contribution is 6.35. The van der Waals surface area contributed by atoms with Crippen LogP contribution in [0, 0.1) is 5.82 Å². The molecule has 0 radical (unpaired) electrons. The van der Waals surface area contributed by atoms with E-state index in [4.69, 9.17) is 23.2 Å². The van der Waals surface area contributed by atoms with E-state index < -0.39 is 5.82 Å². The van der Waals surface area contributed by atoms with Gasteiger partial charge < -0.3 is 5.32 Å². The third kappa shape index (κ3) is 3.44. The first-order chi connectivity index (χ1) is 9.51. The van der Waals surface area contributed by atoms with Crippen molar-refractivity contribution in [2.24, 2.45) is 0 Å². The zero-order valence-corrected chi connectivity index (χ0v) is 12.9. The van der Waals surface area contributed by atoms with Gasteiger partial charge in [-0.15, -0.1) is 0 Å². The second kappa shape index (κ2) is 6.47. The van der Waals surface area contributed by atoms with Crippen molar-refractivity contribution in [3.8, 4) is 0 Å². The van der Waals surface area contributed by atoms with Gasteiger partial charge in [0.15, 0.2) is 0 Å². The van der Waals surface area contributed by atoms with Gasteiger partial charge in [-0.25, -0.2) is 4.39 Å². The smallest absolute Gasteiger partial charge is 0.142 e. The van der Waals surface area contributed by atoms with Gasteiger partial charge in [0, 0.05) is 10.7 Å². The lowest BCUT2D eigenvalue weighted by Gasteiger charge is -2.18. The second-order valence-electron chi connectivity index (χ2n) is 4.71. The zero-order valence-electron chi connectivity index (χ0n) is 11.4. The molecule has 0 aromatic heterocycles. The molecule has 0 bridgehead atoms. The predicted molar refractivity (Wildman–Crippen MR) is 84.3 cm³/mol. The van der Waals surface area contributed by atoms with Gasteiger partial charge in [-0.3, -0.25) is 0 Å². The molecule has 0 aliphatic rings. The summed E-state index contributed by atoms with van der Waals surface area (Å²) in [6, 6.07) is 10.8. The Hall–Kier alpha value is -1.25. The third-order valence-electron chi connectivity index (χ3n) is 3.22. The van der Waals surface area contributed by atoms with Gasteiger partial charge in [0.25, 0.3) is 0 Å². The Labute approximate surface area is 128 Å². The monoisotopic (exact) mass is 311 g/mol. The molecule has 2 rings (SSSR count). The Morgan fingerprint density at radius 1 is 1.15 bits per heavy atom. The van der Waals surface area contributed by atoms with Gasteiger partial charge in [0.05, 0.1) is 11.1 Å². The number of hydrogen-bond donors (Lipinski definition) is 1. The Bertz CT molecular complexity index is 613. The molecule has 2 aromatic rings. The highest BCUT2D eigenvalue weighted by atomic mass is 35.5. The summed E-state index contributed by atoms with van der Waals surface area (Å²) in [7, 11) is 0. The quantitative estimate of drug-likeness (QED) is 0.696. The van der Waals surface area contributed by atoms with Crippen molar-refractivity contribution in [1.29, 1.82) is 0 Å². The minimum atomic E-state index is -0.456. The molecular formula is C16H16Cl2FN. The Kier molecular flexibility index (Phi) is 4.90. The van der Waals surface area contributed by atoms with Crippen LogP contribution in [0.4, 0.5) is 10.1 Å². The summed E-state index contributed by atoms with van der Waals surface area (Å²) in [5.74, 6) is -0.456. The minimum Gasteiger partial charge on any atom is -0.378 e. The molecule has 4 heteroatoms. The second-order valence-corrected chi connectivity index (χ2v) is 5.52. The van der Waals surface area contributed by atoms with E-state index in [-0.39, 0.29) is 11.1 Å². The standard InChI is InChI=1S/C16H16Cl2FN/c1-3-11-5-4-6-12(7-11)20-10(2)13-8-16(19)15(18)9-14(13)17/h4-10,20H,3H2,1-2H3. The maximum absolute atomic E-state index is 13.6. The maximum Gasteiger partial charge on any atom is 0.142 e. The van der Waals surface area contributed by atoms with E-state index in [1.54, 1.807) is 0 Å². The summed E-state index contributed by atoms with van der Waals surface area (Å²) in [6.45, 7) is 4.04. The fourth-order valence-electron chi connectivity index (χ4n) is 2.08. The molecule has 20 heavy (non-hydrogen) atoms. The summed E-state index contributed by atoms with van der Waals surface area (Å²) in [5.41, 5.74) is 2.93. The molecule has 0 heterocycles. The molecule has 0 spiro atoms. The average molecular weight is 312 g/mol. The fraction of sp³-hybridized carbons (Fsp3) is 0.250. The van der Waals surface area contributed by atoms with Crippen LogP contribution in [0.3, 0.4) is 0 Å². The van der Waals surface area contributed by atoms with E-state index in [2.05, 4.69) is 24.4 Å². The van der Waals surface area contributed by atoms with Gasteiger partial charge in [0.2, 0.25) is 0 Å². The molecule has 1 N–H and O–H groups in total. The van der Waals surface area contributed by atoms with Crippen LogP contribution in [-0.4, -0.2) is 0 Å². The fourth-order valence-corrected chi connectivity index (χ4v) is 2.63. The third-order valence-corrected chi connectivity index (χ3v) is 3.84. The summed E-state index contributed by atoms with van der Waals surface area (Å²) < 4.78 is 13.6. The van der Waals surface area contributed by atoms with E-state index >= 15 is 0 Å². The van der Waals surface area contributed by atoms with E-state index in [0.29, 0.717) is 10.6 Å². The molecule has 0 amide bonds. The van der Waals surface area contributed by atoms with Crippen molar-refractivity contribution in [2.75, 3.05) is 5.32 Å². The Morgan fingerprint density at radius 3 is 2.60 bits per heavy atom. The van der Waals surface area contributed by atoms with Crippen LogP contribution in [0.2, 0.25) is 10.0 Å². The van der Waals surface area contributed by atoms with Gasteiger partial charge in [-0.2, -0.15) is 0 Å². The lowest BCUT2D eigenvalue weighted by Crippen LogP contribution is -2.08. The van der Waals surface area contributed by atoms with Crippen molar-refractivity contribution in [3.05, 3.63) is 63.4 Å². The highest BCUT2D eigenvalue weighted by Gasteiger charge is 2.13. The number of halogens is 3. The number of nitrogens with one attached hydrogen (secondary N) is 1. The Morgan fingerprint density at radius 2 is 1.90 bits per heavy atom. The first-order valence-corrected chi connectivity index (χ1v) is 7.26. The lowest BCUT2D eigenvalue weighted by molar-refractivity contribution is 0.624. The number of hydrogen-bond acceptors (Lipinski definition) is 1. The van der Waals surface area contributed by atoms with Crippen LogP contribution in [0.25, 0.3) is 0 Å². The van der Waals surface area contributed by atoms with Crippen LogP contribution in [0.5, 0.6) is 0 Å². The van der Waals surface area contributed by atoms with E-state index in [9.17, 15) is 4.39 Å². The molecule has 0 fully saturated rings. The molecule has 1 atom stereocenters. The molecule has 0 saturated heterocycles. The van der Waals surface area contributed by atoms with Crippen molar-refractivity contribution in [1.82, 2.24) is 0 Å². The summed E-state index contributed by atoms with van der Waals surface area (Å²) >= 11 is 11.8. The van der Waals surface area contributed by atoms with Crippen LogP contribution in [-0.2, 0) is 6.42 Å². The van der Waals surface area contributed by atoms with Crippen LogP contribution in [0.1, 0.15) is 31.0 Å². The lowest BCUT2D eigenvalue weighted by atomic mass is 10.1. The molecule has 106 valence electrons. The first-order valence-electron chi connectivity index (χ1n) is 6.51. The first kappa shape index (κ1) is 15.1. The number of rotatable bonds is 4. The average Bonchev–Trinajstić information content (AvgIpc) is 2.43. The summed E-state index contributed by atoms with van der Waals surface area (Å²) in [4.78, 5) is 0. The van der Waals surface area contributed by atoms with Crippen molar-refractivity contribution in [2.45, 2.75) is 26.3 Å². The summed E-state index contributed by atoms with van der Waals surface area (Å²) in [5, 5.41) is 3.83. The minimum absolute atomic E-state index is 0.0407. The van der Waals surface area contributed by atoms with E-state index in [0.717, 1.165) is 12.1 Å². The van der Waals surface area contributed by atoms with Gasteiger partial charge >= 0.3 is 0 Å². The molecule has 1 nitrogen and oxygen atoms in total. The van der Waals surface area contributed by atoms with Crippen molar-refractivity contribution >= 4 is 28.9 Å². The topological polar surface area (TPSA) is 12.0 Å².